The van der Waals surface area contributed by atoms with Gasteiger partial charge in [-0.05, 0) is 43.7 Å². The zero-order valence-corrected chi connectivity index (χ0v) is 12.3. The van der Waals surface area contributed by atoms with Crippen molar-refractivity contribution in [2.75, 3.05) is 0 Å². The highest BCUT2D eigenvalue weighted by Crippen LogP contribution is 2.24. The number of amides is 1. The van der Waals surface area contributed by atoms with E-state index in [0.717, 1.165) is 11.3 Å². The smallest absolute Gasteiger partial charge is 0.233 e. The van der Waals surface area contributed by atoms with Gasteiger partial charge in [0.25, 0.3) is 0 Å². The number of aromatic nitrogens is 1. The number of nitrogens with one attached hydrogen (secondary N) is 1. The Morgan fingerprint density at radius 2 is 1.85 bits per heavy atom. The second kappa shape index (κ2) is 6.53. The van der Waals surface area contributed by atoms with Crippen molar-refractivity contribution >= 4 is 17.5 Å². The quantitative estimate of drug-likeness (QED) is 0.937. The van der Waals surface area contributed by atoms with E-state index < -0.39 is 5.92 Å². The molecule has 1 aromatic carbocycles. The third-order valence-electron chi connectivity index (χ3n) is 2.88. The molecule has 0 aliphatic carbocycles. The van der Waals surface area contributed by atoms with Gasteiger partial charge in [0.15, 0.2) is 0 Å². The molecule has 1 atom stereocenters. The molecule has 20 heavy (non-hydrogen) atoms. The number of carbonyl (C=O) groups excluding carboxylic acids is 1. The first kappa shape index (κ1) is 14.5. The standard InChI is InChI=1S/C16H17ClN2O/c1-11(2)19-16(20)15(14-5-3-4-10-18-14)12-6-8-13(17)9-7-12/h3-11,15H,1-2H3,(H,19,20). The van der Waals surface area contributed by atoms with Gasteiger partial charge in [0, 0.05) is 17.3 Å². The average molecular weight is 289 g/mol. The summed E-state index contributed by atoms with van der Waals surface area (Å²) >= 11 is 5.91. The zero-order chi connectivity index (χ0) is 14.5. The summed E-state index contributed by atoms with van der Waals surface area (Å²) in [5.41, 5.74) is 1.61. The van der Waals surface area contributed by atoms with E-state index in [1.807, 2.05) is 44.2 Å². The molecule has 0 bridgehead atoms. The van der Waals surface area contributed by atoms with Crippen LogP contribution in [0.1, 0.15) is 31.0 Å². The fourth-order valence-electron chi connectivity index (χ4n) is 2.03. The molecule has 1 unspecified atom stereocenters. The highest BCUT2D eigenvalue weighted by atomic mass is 35.5. The summed E-state index contributed by atoms with van der Waals surface area (Å²) in [6.07, 6.45) is 1.70. The van der Waals surface area contributed by atoms with Gasteiger partial charge >= 0.3 is 0 Å². The highest BCUT2D eigenvalue weighted by molar-refractivity contribution is 6.30. The molecule has 4 heteroatoms. The predicted octanol–water partition coefficient (Wildman–Crippen LogP) is 3.39. The van der Waals surface area contributed by atoms with Crippen LogP contribution in [-0.4, -0.2) is 16.9 Å². The summed E-state index contributed by atoms with van der Waals surface area (Å²) in [6.45, 7) is 3.88. The zero-order valence-electron chi connectivity index (χ0n) is 11.5. The Bertz CT molecular complexity index is 567. The molecule has 0 fully saturated rings. The molecule has 1 heterocycles. The molecule has 0 aliphatic rings. The molecule has 0 radical (unpaired) electrons. The van der Waals surface area contributed by atoms with Crippen LogP contribution in [0.25, 0.3) is 0 Å². The molecular weight excluding hydrogens is 272 g/mol. The van der Waals surface area contributed by atoms with Gasteiger partial charge in [-0.1, -0.05) is 29.8 Å². The fourth-order valence-corrected chi connectivity index (χ4v) is 2.15. The third kappa shape index (κ3) is 3.58. The number of hydrogen-bond donors (Lipinski definition) is 1. The van der Waals surface area contributed by atoms with E-state index in [4.69, 9.17) is 11.6 Å². The summed E-state index contributed by atoms with van der Waals surface area (Å²) < 4.78 is 0. The minimum Gasteiger partial charge on any atom is -0.353 e. The first-order valence-corrected chi connectivity index (χ1v) is 6.92. The first-order valence-electron chi connectivity index (χ1n) is 6.54. The van der Waals surface area contributed by atoms with Crippen LogP contribution >= 0.6 is 11.6 Å². The van der Waals surface area contributed by atoms with Crippen molar-refractivity contribution in [1.82, 2.24) is 10.3 Å². The maximum atomic E-state index is 12.5. The number of benzene rings is 1. The molecule has 2 rings (SSSR count). The molecular formula is C16H17ClN2O. The van der Waals surface area contributed by atoms with E-state index in [1.165, 1.54) is 0 Å². The van der Waals surface area contributed by atoms with Gasteiger partial charge in [-0.2, -0.15) is 0 Å². The normalized spacial score (nSPS) is 12.2. The molecule has 0 saturated heterocycles. The molecule has 3 nitrogen and oxygen atoms in total. The van der Waals surface area contributed by atoms with Crippen molar-refractivity contribution in [3.05, 3.63) is 64.9 Å². The van der Waals surface area contributed by atoms with Crippen molar-refractivity contribution < 1.29 is 4.79 Å². The molecule has 1 amide bonds. The lowest BCUT2D eigenvalue weighted by molar-refractivity contribution is -0.122. The van der Waals surface area contributed by atoms with E-state index in [0.29, 0.717) is 5.02 Å². The summed E-state index contributed by atoms with van der Waals surface area (Å²) in [4.78, 5) is 16.8. The number of rotatable bonds is 4. The van der Waals surface area contributed by atoms with Gasteiger partial charge in [0.1, 0.15) is 5.92 Å². The van der Waals surface area contributed by atoms with Gasteiger partial charge in [-0.3, -0.25) is 9.78 Å². The number of carbonyl (C=O) groups is 1. The molecule has 2 aromatic rings. The van der Waals surface area contributed by atoms with E-state index in [9.17, 15) is 4.79 Å². The first-order chi connectivity index (χ1) is 9.58. The Hall–Kier alpha value is -1.87. The van der Waals surface area contributed by atoms with E-state index in [2.05, 4.69) is 10.3 Å². The van der Waals surface area contributed by atoms with Gasteiger partial charge in [-0.15, -0.1) is 0 Å². The van der Waals surface area contributed by atoms with Crippen LogP contribution in [0.5, 0.6) is 0 Å². The Morgan fingerprint density at radius 1 is 1.15 bits per heavy atom. The van der Waals surface area contributed by atoms with E-state index in [1.54, 1.807) is 18.3 Å². The summed E-state index contributed by atoms with van der Waals surface area (Å²) in [6, 6.07) is 13.0. The highest BCUT2D eigenvalue weighted by Gasteiger charge is 2.24. The van der Waals surface area contributed by atoms with Gasteiger partial charge in [0.05, 0.1) is 5.69 Å². The van der Waals surface area contributed by atoms with Crippen molar-refractivity contribution in [3.8, 4) is 0 Å². The van der Waals surface area contributed by atoms with Gasteiger partial charge in [0.2, 0.25) is 5.91 Å². The summed E-state index contributed by atoms with van der Waals surface area (Å²) in [7, 11) is 0. The topological polar surface area (TPSA) is 42.0 Å². The number of halogens is 1. The second-order valence-corrected chi connectivity index (χ2v) is 5.34. The number of nitrogens with zero attached hydrogens (tertiary/aromatic N) is 1. The largest absolute Gasteiger partial charge is 0.353 e. The SMILES string of the molecule is CC(C)NC(=O)C(c1ccc(Cl)cc1)c1ccccn1. The Labute approximate surface area is 124 Å². The van der Waals surface area contributed by atoms with Crippen molar-refractivity contribution in [1.29, 1.82) is 0 Å². The van der Waals surface area contributed by atoms with Crippen LogP contribution in [-0.2, 0) is 4.79 Å². The Kier molecular flexibility index (Phi) is 4.74. The lowest BCUT2D eigenvalue weighted by Gasteiger charge is -2.18. The lowest BCUT2D eigenvalue weighted by atomic mass is 9.94. The average Bonchev–Trinajstić information content (AvgIpc) is 2.42. The van der Waals surface area contributed by atoms with Crippen LogP contribution in [0.15, 0.2) is 48.7 Å². The minimum absolute atomic E-state index is 0.0546. The minimum atomic E-state index is -0.420. The molecule has 0 spiro atoms. The summed E-state index contributed by atoms with van der Waals surface area (Å²) in [5.74, 6) is -0.475. The summed E-state index contributed by atoms with van der Waals surface area (Å²) in [5, 5.41) is 3.59. The molecule has 1 N–H and O–H groups in total. The van der Waals surface area contributed by atoms with Crippen LogP contribution in [0.4, 0.5) is 0 Å². The van der Waals surface area contributed by atoms with Crippen LogP contribution in [0.2, 0.25) is 5.02 Å². The predicted molar refractivity (Wildman–Crippen MR) is 80.8 cm³/mol. The number of hydrogen-bond acceptors (Lipinski definition) is 2. The van der Waals surface area contributed by atoms with Gasteiger partial charge < -0.3 is 5.32 Å². The Balaban J connectivity index is 2.39. The fraction of sp³-hybridized carbons (Fsp3) is 0.250. The molecule has 0 aliphatic heterocycles. The van der Waals surface area contributed by atoms with Crippen molar-refractivity contribution in [2.24, 2.45) is 0 Å². The van der Waals surface area contributed by atoms with Crippen LogP contribution in [0.3, 0.4) is 0 Å². The maximum Gasteiger partial charge on any atom is 0.233 e. The monoisotopic (exact) mass is 288 g/mol. The van der Waals surface area contributed by atoms with Crippen molar-refractivity contribution in [2.45, 2.75) is 25.8 Å². The second-order valence-electron chi connectivity index (χ2n) is 4.90. The third-order valence-corrected chi connectivity index (χ3v) is 3.13. The van der Waals surface area contributed by atoms with Gasteiger partial charge in [-0.25, -0.2) is 0 Å². The number of pyridine rings is 1. The van der Waals surface area contributed by atoms with Crippen LogP contribution in [0, 0.1) is 0 Å². The maximum absolute atomic E-state index is 12.5. The van der Waals surface area contributed by atoms with Crippen LogP contribution < -0.4 is 5.32 Å². The van der Waals surface area contributed by atoms with Crippen molar-refractivity contribution in [3.63, 3.8) is 0 Å². The lowest BCUT2D eigenvalue weighted by Crippen LogP contribution is -2.35. The van der Waals surface area contributed by atoms with E-state index >= 15 is 0 Å². The molecule has 0 saturated carbocycles. The Morgan fingerprint density at radius 3 is 2.40 bits per heavy atom. The molecule has 1 aromatic heterocycles. The van der Waals surface area contributed by atoms with E-state index in [-0.39, 0.29) is 11.9 Å². The molecule has 104 valence electrons.